The molecule has 0 saturated carbocycles. The maximum atomic E-state index is 12.8. The molecule has 1 unspecified atom stereocenters. The van der Waals surface area contributed by atoms with E-state index in [2.05, 4.69) is 23.2 Å². The molecule has 1 atom stereocenters. The maximum Gasteiger partial charge on any atom is 0.238 e. The third-order valence-corrected chi connectivity index (χ3v) is 7.09. The zero-order valence-corrected chi connectivity index (χ0v) is 19.4. The van der Waals surface area contributed by atoms with Crippen molar-refractivity contribution >= 4 is 27.7 Å². The highest BCUT2D eigenvalue weighted by Crippen LogP contribution is 2.25. The average Bonchev–Trinajstić information content (AvgIpc) is 3.21. The molecule has 0 aliphatic rings. The molecule has 8 nitrogen and oxygen atoms in total. The normalized spacial score (nSPS) is 12.5. The van der Waals surface area contributed by atoms with Crippen molar-refractivity contribution in [1.29, 1.82) is 0 Å². The van der Waals surface area contributed by atoms with Crippen molar-refractivity contribution in [3.63, 3.8) is 0 Å². The molecular weight excluding hydrogens is 434 g/mol. The van der Waals surface area contributed by atoms with Crippen LogP contribution in [0.1, 0.15) is 29.7 Å². The molecular formula is C21H25N5O3S2. The Morgan fingerprint density at radius 3 is 2.61 bits per heavy atom. The Balaban J connectivity index is 1.70. The smallest absolute Gasteiger partial charge is 0.238 e. The number of benzene rings is 2. The van der Waals surface area contributed by atoms with E-state index in [-0.39, 0.29) is 22.6 Å². The predicted octanol–water partition coefficient (Wildman–Crippen LogP) is 2.84. The summed E-state index contributed by atoms with van der Waals surface area (Å²) >= 11 is 1.30. The van der Waals surface area contributed by atoms with Crippen LogP contribution in [0.5, 0.6) is 0 Å². The van der Waals surface area contributed by atoms with Crippen molar-refractivity contribution in [1.82, 2.24) is 19.7 Å². The van der Waals surface area contributed by atoms with Gasteiger partial charge >= 0.3 is 0 Å². The van der Waals surface area contributed by atoms with Crippen molar-refractivity contribution in [2.45, 2.75) is 36.9 Å². The van der Waals surface area contributed by atoms with Gasteiger partial charge in [-0.3, -0.25) is 9.36 Å². The molecule has 0 aliphatic carbocycles. The van der Waals surface area contributed by atoms with Crippen LogP contribution in [0.15, 0.2) is 58.8 Å². The Bertz CT molecular complexity index is 1210. The molecule has 1 heterocycles. The highest BCUT2D eigenvalue weighted by molar-refractivity contribution is 7.99. The van der Waals surface area contributed by atoms with Gasteiger partial charge in [-0.2, -0.15) is 0 Å². The molecule has 10 heteroatoms. The van der Waals surface area contributed by atoms with Gasteiger partial charge in [0, 0.05) is 12.7 Å². The fraction of sp³-hybridized carbons (Fsp3) is 0.286. The van der Waals surface area contributed by atoms with Crippen molar-refractivity contribution in [3.05, 3.63) is 65.5 Å². The van der Waals surface area contributed by atoms with Crippen molar-refractivity contribution < 1.29 is 13.2 Å². The Hall–Kier alpha value is -2.69. The van der Waals surface area contributed by atoms with Crippen molar-refractivity contribution in [2.75, 3.05) is 12.8 Å². The van der Waals surface area contributed by atoms with Gasteiger partial charge in [0.25, 0.3) is 0 Å². The van der Waals surface area contributed by atoms with Gasteiger partial charge in [-0.1, -0.05) is 30.0 Å². The number of sulfonamides is 1. The first-order valence-corrected chi connectivity index (χ1v) is 12.1. The summed E-state index contributed by atoms with van der Waals surface area (Å²) in [4.78, 5) is 14.4. The van der Waals surface area contributed by atoms with Gasteiger partial charge < -0.3 is 4.90 Å². The lowest BCUT2D eigenvalue weighted by Gasteiger charge is -2.25. The van der Waals surface area contributed by atoms with E-state index in [0.29, 0.717) is 10.7 Å². The van der Waals surface area contributed by atoms with E-state index in [1.807, 2.05) is 30.5 Å². The second kappa shape index (κ2) is 9.21. The van der Waals surface area contributed by atoms with Gasteiger partial charge in [0.05, 0.1) is 16.7 Å². The van der Waals surface area contributed by atoms with E-state index < -0.39 is 10.0 Å². The largest absolute Gasteiger partial charge is 0.338 e. The molecule has 0 bridgehead atoms. The number of thioether (sulfide) groups is 1. The maximum absolute atomic E-state index is 12.8. The van der Waals surface area contributed by atoms with E-state index in [0.717, 1.165) is 11.3 Å². The highest BCUT2D eigenvalue weighted by Gasteiger charge is 2.20. The molecule has 31 heavy (non-hydrogen) atoms. The third kappa shape index (κ3) is 5.33. The summed E-state index contributed by atoms with van der Waals surface area (Å²) in [5, 5.41) is 14.0. The topological polar surface area (TPSA) is 111 Å². The Kier molecular flexibility index (Phi) is 6.83. The summed E-state index contributed by atoms with van der Waals surface area (Å²) in [6, 6.07) is 12.1. The number of nitrogens with two attached hydrogens (primary N) is 1. The van der Waals surface area contributed by atoms with Crippen molar-refractivity contribution in [2.24, 2.45) is 5.14 Å². The zero-order chi connectivity index (χ0) is 22.8. The number of aryl methyl sites for hydroxylation is 2. The second-order valence-electron chi connectivity index (χ2n) is 7.34. The molecule has 1 amide bonds. The standard InChI is InChI=1S/C21H25N5O3S2/c1-14-8-9-18(10-15(14)2)26-13-23-24-21(26)30-12-20(27)25(4)16(3)17-6-5-7-19(11-17)31(22,28)29/h5-11,13,16H,12H2,1-4H3,(H2,22,28,29). The number of carbonyl (C=O) groups is 1. The Labute approximate surface area is 186 Å². The van der Waals surface area contributed by atoms with Crippen LogP contribution in [0.2, 0.25) is 0 Å². The summed E-state index contributed by atoms with van der Waals surface area (Å²) in [6.07, 6.45) is 1.63. The van der Waals surface area contributed by atoms with Crippen LogP contribution in [0.3, 0.4) is 0 Å². The predicted molar refractivity (Wildman–Crippen MR) is 121 cm³/mol. The van der Waals surface area contributed by atoms with E-state index >= 15 is 0 Å². The zero-order valence-electron chi connectivity index (χ0n) is 17.8. The number of hydrogen-bond donors (Lipinski definition) is 1. The number of aromatic nitrogens is 3. The quantitative estimate of drug-likeness (QED) is 0.544. The SMILES string of the molecule is Cc1ccc(-n2cnnc2SCC(=O)N(C)C(C)c2cccc(S(N)(=O)=O)c2)cc1C. The number of nitrogens with zero attached hydrogens (tertiary/aromatic N) is 4. The molecule has 0 aliphatic heterocycles. The molecule has 2 N–H and O–H groups in total. The fourth-order valence-electron chi connectivity index (χ4n) is 2.99. The third-order valence-electron chi connectivity index (χ3n) is 5.25. The molecule has 0 radical (unpaired) electrons. The van der Waals surface area contributed by atoms with Gasteiger partial charge in [-0.05, 0) is 61.7 Å². The van der Waals surface area contributed by atoms with Crippen molar-refractivity contribution in [3.8, 4) is 5.69 Å². The molecule has 164 valence electrons. The number of primary sulfonamides is 1. The lowest BCUT2D eigenvalue weighted by atomic mass is 10.1. The summed E-state index contributed by atoms with van der Waals surface area (Å²) in [7, 11) is -2.12. The summed E-state index contributed by atoms with van der Waals surface area (Å²) < 4.78 is 25.1. The minimum atomic E-state index is -3.81. The van der Waals surface area contributed by atoms with Crippen LogP contribution in [0.25, 0.3) is 5.69 Å². The van der Waals surface area contributed by atoms with E-state index in [1.165, 1.54) is 29.5 Å². The molecule has 0 fully saturated rings. The highest BCUT2D eigenvalue weighted by atomic mass is 32.2. The monoisotopic (exact) mass is 459 g/mol. The number of carbonyl (C=O) groups excluding carboxylic acids is 1. The van der Waals surface area contributed by atoms with Gasteiger partial charge in [0.2, 0.25) is 15.9 Å². The minimum absolute atomic E-state index is 0.0218. The van der Waals surface area contributed by atoms with Gasteiger partial charge in [-0.25, -0.2) is 13.6 Å². The van der Waals surface area contributed by atoms with Gasteiger partial charge in [0.1, 0.15) is 6.33 Å². The molecule has 3 aromatic rings. The lowest BCUT2D eigenvalue weighted by Crippen LogP contribution is -2.31. The molecule has 0 saturated heterocycles. The number of hydrogen-bond acceptors (Lipinski definition) is 6. The molecule has 3 rings (SSSR count). The minimum Gasteiger partial charge on any atom is -0.338 e. The van der Waals surface area contributed by atoms with Crippen LogP contribution >= 0.6 is 11.8 Å². The van der Waals surface area contributed by atoms with Crippen LogP contribution in [-0.2, 0) is 14.8 Å². The van der Waals surface area contributed by atoms with Crippen LogP contribution in [0, 0.1) is 13.8 Å². The van der Waals surface area contributed by atoms with E-state index in [9.17, 15) is 13.2 Å². The Morgan fingerprint density at radius 2 is 1.94 bits per heavy atom. The van der Waals surface area contributed by atoms with Gasteiger partial charge in [-0.15, -0.1) is 10.2 Å². The van der Waals surface area contributed by atoms with E-state index in [1.54, 1.807) is 30.4 Å². The first-order chi connectivity index (χ1) is 14.6. The van der Waals surface area contributed by atoms with Crippen LogP contribution in [-0.4, -0.2) is 46.8 Å². The number of rotatable bonds is 7. The van der Waals surface area contributed by atoms with Crippen LogP contribution in [0.4, 0.5) is 0 Å². The fourth-order valence-corrected chi connectivity index (χ4v) is 4.42. The molecule has 0 spiro atoms. The van der Waals surface area contributed by atoms with E-state index in [4.69, 9.17) is 5.14 Å². The Morgan fingerprint density at radius 1 is 1.19 bits per heavy atom. The second-order valence-corrected chi connectivity index (χ2v) is 9.84. The molecule has 2 aromatic carbocycles. The first-order valence-electron chi connectivity index (χ1n) is 9.57. The van der Waals surface area contributed by atoms with Crippen LogP contribution < -0.4 is 5.14 Å². The number of amides is 1. The summed E-state index contributed by atoms with van der Waals surface area (Å²) in [5.41, 5.74) is 3.98. The molecule has 1 aromatic heterocycles. The summed E-state index contributed by atoms with van der Waals surface area (Å²) in [5.74, 6) is 0.0485. The lowest BCUT2D eigenvalue weighted by molar-refractivity contribution is -0.128. The first kappa shape index (κ1) is 23.0. The average molecular weight is 460 g/mol. The van der Waals surface area contributed by atoms with Gasteiger partial charge in [0.15, 0.2) is 5.16 Å². The summed E-state index contributed by atoms with van der Waals surface area (Å²) in [6.45, 7) is 5.93.